The molecule has 0 spiro atoms. The fourth-order valence-electron chi connectivity index (χ4n) is 4.05. The van der Waals surface area contributed by atoms with Crippen LogP contribution in [0.15, 0.2) is 18.5 Å². The number of likely N-dealkylation sites (tertiary alicyclic amines) is 1. The highest BCUT2D eigenvalue weighted by molar-refractivity contribution is 14.0. The summed E-state index contributed by atoms with van der Waals surface area (Å²) in [5.74, 6) is 1.30. The van der Waals surface area contributed by atoms with E-state index in [0.29, 0.717) is 12.0 Å². The SMILES string of the molecule is CC1(O)CCCCC1C1CCCN1Cc1ncccn1.I. The first-order chi connectivity index (χ1) is 9.67. The molecular formula is C16H26IN3O. The van der Waals surface area contributed by atoms with Gasteiger partial charge in [-0.3, -0.25) is 4.90 Å². The Balaban J connectivity index is 0.00000161. The molecular weight excluding hydrogens is 377 g/mol. The van der Waals surface area contributed by atoms with Crippen LogP contribution in [-0.4, -0.2) is 38.2 Å². The van der Waals surface area contributed by atoms with Gasteiger partial charge in [0.1, 0.15) is 5.82 Å². The Kier molecular flexibility index (Phi) is 5.96. The molecule has 1 aliphatic heterocycles. The van der Waals surface area contributed by atoms with E-state index in [9.17, 15) is 5.11 Å². The maximum absolute atomic E-state index is 10.7. The lowest BCUT2D eigenvalue weighted by molar-refractivity contribution is -0.0631. The Morgan fingerprint density at radius 3 is 2.71 bits per heavy atom. The van der Waals surface area contributed by atoms with Gasteiger partial charge in [-0.15, -0.1) is 24.0 Å². The summed E-state index contributed by atoms with van der Waals surface area (Å²) < 4.78 is 0. The number of halogens is 1. The maximum Gasteiger partial charge on any atom is 0.142 e. The molecule has 1 saturated carbocycles. The number of aromatic nitrogens is 2. The third-order valence-electron chi connectivity index (χ3n) is 5.09. The standard InChI is InChI=1S/C16H25N3O.HI/c1-16(20)8-3-2-6-13(16)14-7-4-11-19(14)12-15-17-9-5-10-18-15;/h5,9-10,13-14,20H,2-4,6-8,11-12H2,1H3;1H. The van der Waals surface area contributed by atoms with Crippen molar-refractivity contribution in [3.63, 3.8) is 0 Å². The zero-order valence-corrected chi connectivity index (χ0v) is 15.1. The van der Waals surface area contributed by atoms with Crippen molar-refractivity contribution in [2.75, 3.05) is 6.54 Å². The third-order valence-corrected chi connectivity index (χ3v) is 5.09. The van der Waals surface area contributed by atoms with E-state index in [4.69, 9.17) is 0 Å². The minimum atomic E-state index is -0.497. The zero-order chi connectivity index (χ0) is 14.0. The molecule has 5 heteroatoms. The van der Waals surface area contributed by atoms with Gasteiger partial charge < -0.3 is 5.11 Å². The Morgan fingerprint density at radius 1 is 1.24 bits per heavy atom. The highest BCUT2D eigenvalue weighted by atomic mass is 127. The normalized spacial score (nSPS) is 33.6. The monoisotopic (exact) mass is 403 g/mol. The van der Waals surface area contributed by atoms with Crippen molar-refractivity contribution in [1.29, 1.82) is 0 Å². The van der Waals surface area contributed by atoms with Crippen molar-refractivity contribution < 1.29 is 5.11 Å². The van der Waals surface area contributed by atoms with Gasteiger partial charge in [-0.1, -0.05) is 12.8 Å². The molecule has 1 N–H and O–H groups in total. The fraction of sp³-hybridized carbons (Fsp3) is 0.750. The molecule has 118 valence electrons. The minimum absolute atomic E-state index is 0. The Bertz CT molecular complexity index is 440. The van der Waals surface area contributed by atoms with E-state index in [2.05, 4.69) is 14.9 Å². The van der Waals surface area contributed by atoms with Crippen LogP contribution in [0.3, 0.4) is 0 Å². The smallest absolute Gasteiger partial charge is 0.142 e. The summed E-state index contributed by atoms with van der Waals surface area (Å²) in [4.78, 5) is 11.2. The molecule has 0 bridgehead atoms. The predicted molar refractivity (Wildman–Crippen MR) is 93.5 cm³/mol. The first-order valence-electron chi connectivity index (χ1n) is 7.89. The zero-order valence-electron chi connectivity index (χ0n) is 12.7. The molecule has 4 nitrogen and oxygen atoms in total. The first kappa shape index (κ1) is 17.1. The molecule has 1 aromatic heterocycles. The van der Waals surface area contributed by atoms with Gasteiger partial charge in [0.15, 0.2) is 0 Å². The minimum Gasteiger partial charge on any atom is -0.390 e. The molecule has 3 rings (SSSR count). The molecule has 1 aromatic rings. The van der Waals surface area contributed by atoms with Crippen LogP contribution in [0.25, 0.3) is 0 Å². The van der Waals surface area contributed by atoms with Gasteiger partial charge in [0.2, 0.25) is 0 Å². The van der Waals surface area contributed by atoms with E-state index >= 15 is 0 Å². The van der Waals surface area contributed by atoms with Gasteiger partial charge in [0.25, 0.3) is 0 Å². The quantitative estimate of drug-likeness (QED) is 0.789. The molecule has 3 atom stereocenters. The van der Waals surface area contributed by atoms with Crippen molar-refractivity contribution >= 4 is 24.0 Å². The van der Waals surface area contributed by atoms with E-state index in [1.165, 1.54) is 19.3 Å². The van der Waals surface area contributed by atoms with Crippen molar-refractivity contribution in [3.05, 3.63) is 24.3 Å². The molecule has 21 heavy (non-hydrogen) atoms. The summed E-state index contributed by atoms with van der Waals surface area (Å²) in [5, 5.41) is 10.7. The lowest BCUT2D eigenvalue weighted by Gasteiger charge is -2.43. The second kappa shape index (κ2) is 7.33. The van der Waals surface area contributed by atoms with Crippen LogP contribution < -0.4 is 0 Å². The van der Waals surface area contributed by atoms with E-state index in [1.54, 1.807) is 0 Å². The number of rotatable bonds is 3. The summed E-state index contributed by atoms with van der Waals surface area (Å²) in [6, 6.07) is 2.35. The largest absolute Gasteiger partial charge is 0.390 e. The van der Waals surface area contributed by atoms with Crippen molar-refractivity contribution in [3.8, 4) is 0 Å². The fourth-order valence-corrected chi connectivity index (χ4v) is 4.05. The lowest BCUT2D eigenvalue weighted by atomic mass is 9.72. The van der Waals surface area contributed by atoms with E-state index in [-0.39, 0.29) is 24.0 Å². The van der Waals surface area contributed by atoms with Crippen molar-refractivity contribution in [1.82, 2.24) is 14.9 Å². The third kappa shape index (κ3) is 3.93. The average Bonchev–Trinajstić information content (AvgIpc) is 2.87. The molecule has 2 heterocycles. The lowest BCUT2D eigenvalue weighted by Crippen LogP contribution is -2.48. The summed E-state index contributed by atoms with van der Waals surface area (Å²) in [5.41, 5.74) is -0.497. The van der Waals surface area contributed by atoms with Crippen LogP contribution >= 0.6 is 24.0 Å². The number of hydrogen-bond acceptors (Lipinski definition) is 4. The Hall–Kier alpha value is -0.270. The molecule has 0 radical (unpaired) electrons. The molecule has 3 unspecified atom stereocenters. The predicted octanol–water partition coefficient (Wildman–Crippen LogP) is 3.00. The highest BCUT2D eigenvalue weighted by Crippen LogP contribution is 2.40. The molecule has 2 fully saturated rings. The summed E-state index contributed by atoms with van der Waals surface area (Å²) in [6.07, 6.45) is 10.6. The van der Waals surface area contributed by atoms with Crippen molar-refractivity contribution in [2.24, 2.45) is 5.92 Å². The molecule has 1 saturated heterocycles. The second-order valence-corrected chi connectivity index (χ2v) is 6.55. The molecule has 1 aliphatic carbocycles. The highest BCUT2D eigenvalue weighted by Gasteiger charge is 2.43. The topological polar surface area (TPSA) is 49.2 Å². The van der Waals surface area contributed by atoms with Gasteiger partial charge in [0, 0.05) is 24.4 Å². The number of nitrogens with zero attached hydrogens (tertiary/aromatic N) is 3. The number of hydrogen-bond donors (Lipinski definition) is 1. The van der Waals surface area contributed by atoms with Gasteiger partial charge in [0.05, 0.1) is 12.1 Å². The van der Waals surface area contributed by atoms with Gasteiger partial charge in [-0.2, -0.15) is 0 Å². The summed E-state index contributed by atoms with van der Waals surface area (Å²) in [6.45, 7) is 3.96. The van der Waals surface area contributed by atoms with E-state index in [0.717, 1.165) is 38.2 Å². The van der Waals surface area contributed by atoms with Gasteiger partial charge in [-0.05, 0) is 45.2 Å². The van der Waals surface area contributed by atoms with Gasteiger partial charge in [-0.25, -0.2) is 9.97 Å². The second-order valence-electron chi connectivity index (χ2n) is 6.55. The van der Waals surface area contributed by atoms with Crippen LogP contribution in [0.4, 0.5) is 0 Å². The van der Waals surface area contributed by atoms with E-state index < -0.39 is 5.60 Å². The average molecular weight is 403 g/mol. The van der Waals surface area contributed by atoms with Crippen molar-refractivity contribution in [2.45, 2.75) is 63.6 Å². The van der Waals surface area contributed by atoms with Gasteiger partial charge >= 0.3 is 0 Å². The summed E-state index contributed by atoms with van der Waals surface area (Å²) in [7, 11) is 0. The molecule has 0 amide bonds. The molecule has 0 aromatic carbocycles. The van der Waals surface area contributed by atoms with Crippen LogP contribution in [-0.2, 0) is 6.54 Å². The summed E-state index contributed by atoms with van der Waals surface area (Å²) >= 11 is 0. The Labute approximate surface area is 144 Å². The van der Waals surface area contributed by atoms with E-state index in [1.807, 2.05) is 25.4 Å². The number of aliphatic hydroxyl groups is 1. The molecule has 2 aliphatic rings. The van der Waals surface area contributed by atoms with Crippen LogP contribution in [0, 0.1) is 5.92 Å². The van der Waals surface area contributed by atoms with Crippen LogP contribution in [0.5, 0.6) is 0 Å². The van der Waals surface area contributed by atoms with Crippen LogP contribution in [0.1, 0.15) is 51.3 Å². The maximum atomic E-state index is 10.7. The Morgan fingerprint density at radius 2 is 2.00 bits per heavy atom. The first-order valence-corrected chi connectivity index (χ1v) is 7.89. The van der Waals surface area contributed by atoms with Crippen LogP contribution in [0.2, 0.25) is 0 Å².